The van der Waals surface area contributed by atoms with Crippen molar-refractivity contribution in [3.05, 3.63) is 161 Å². The lowest BCUT2D eigenvalue weighted by molar-refractivity contribution is 0.0563. The topological polar surface area (TPSA) is 184 Å². The molecule has 22 heteroatoms. The predicted molar refractivity (Wildman–Crippen MR) is 251 cm³/mol. The zero-order valence-corrected chi connectivity index (χ0v) is 39.5. The van der Waals surface area contributed by atoms with Crippen molar-refractivity contribution in [2.45, 2.75) is 57.5 Å². The molecule has 4 atom stereocenters. The molecule has 2 unspecified atom stereocenters. The van der Waals surface area contributed by atoms with Gasteiger partial charge in [-0.25, -0.2) is 17.6 Å². The smallest absolute Gasteiger partial charge is 0.274 e. The number of pyridine rings is 2. The Hall–Kier alpha value is -7.14. The van der Waals surface area contributed by atoms with Gasteiger partial charge >= 0.3 is 0 Å². The summed E-state index contributed by atoms with van der Waals surface area (Å²) < 4.78 is 75.4. The van der Waals surface area contributed by atoms with Crippen molar-refractivity contribution < 1.29 is 46.5 Å². The molecule has 366 valence electrons. The van der Waals surface area contributed by atoms with Gasteiger partial charge < -0.3 is 38.3 Å². The molecule has 8 heterocycles. The molecule has 4 aromatic heterocycles. The average molecular weight is 1010 g/mol. The standard InChI is InChI=1S/C28H24F2N4O4S.C21H18F2N4O4S/c1-2-33-21-14-37-15-22(21)34-12-19(27-32-31-23(39-27)10-17-8-9-18(29)11-20(17)30)25(35)26(24(34)28(33)36)38-13-16-6-4-3-5-7-16;1-2-26-14-8-31-9-15(14)27-7-12(18(28)19(29)17(27)21(26)30)20-25-24-16(32-20)5-10-3-4-11(22)6-13(10)23/h3-9,11-12,21-22H,2,10,13-15H2,1H3;3-4,6-7,14-15,29H,2,5,8-9H2,1H3/t21-,22?;14-,15?/m11/s1. The van der Waals surface area contributed by atoms with E-state index in [0.29, 0.717) is 54.5 Å². The summed E-state index contributed by atoms with van der Waals surface area (Å²) >= 11 is 2.20. The molecule has 0 spiro atoms. The molecule has 4 aliphatic rings. The van der Waals surface area contributed by atoms with Crippen LogP contribution in [0, 0.1) is 23.3 Å². The van der Waals surface area contributed by atoms with Gasteiger partial charge in [-0.3, -0.25) is 19.2 Å². The van der Waals surface area contributed by atoms with Gasteiger partial charge in [-0.15, -0.1) is 20.4 Å². The summed E-state index contributed by atoms with van der Waals surface area (Å²) in [4.78, 5) is 56.6. The number of benzene rings is 3. The number of aromatic hydroxyl groups is 1. The van der Waals surface area contributed by atoms with Crippen molar-refractivity contribution in [1.82, 2.24) is 39.3 Å². The summed E-state index contributed by atoms with van der Waals surface area (Å²) in [5, 5.41) is 28.5. The van der Waals surface area contributed by atoms with Gasteiger partial charge in [0.1, 0.15) is 39.9 Å². The second kappa shape index (κ2) is 19.6. The highest BCUT2D eigenvalue weighted by Gasteiger charge is 2.46. The molecule has 0 radical (unpaired) electrons. The normalized spacial score (nSPS) is 19.0. The predicted octanol–water partition coefficient (Wildman–Crippen LogP) is 6.59. The maximum atomic E-state index is 14.2. The fourth-order valence-corrected chi connectivity index (χ4v) is 11.1. The molecule has 1 N–H and O–H groups in total. The number of hydrogen-bond donors (Lipinski definition) is 1. The van der Waals surface area contributed by atoms with Crippen LogP contribution >= 0.6 is 22.7 Å². The quantitative estimate of drug-likeness (QED) is 0.138. The third-order valence-corrected chi connectivity index (χ3v) is 14.8. The van der Waals surface area contributed by atoms with Crippen LogP contribution < -0.4 is 15.6 Å². The van der Waals surface area contributed by atoms with Crippen LogP contribution in [-0.2, 0) is 28.9 Å². The monoisotopic (exact) mass is 1010 g/mol. The van der Waals surface area contributed by atoms with Crippen LogP contribution in [0.5, 0.6) is 11.5 Å². The molecule has 11 rings (SSSR count). The molecular formula is C49H42F4N8O8S2. The maximum absolute atomic E-state index is 14.2. The minimum Gasteiger partial charge on any atom is -0.503 e. The number of nitrogens with zero attached hydrogens (tertiary/aromatic N) is 8. The van der Waals surface area contributed by atoms with Crippen molar-refractivity contribution in [2.75, 3.05) is 39.5 Å². The Morgan fingerprint density at radius 3 is 1.62 bits per heavy atom. The molecule has 2 fully saturated rings. The second-order valence-electron chi connectivity index (χ2n) is 17.1. The third-order valence-electron chi connectivity index (χ3n) is 12.9. The maximum Gasteiger partial charge on any atom is 0.274 e. The van der Waals surface area contributed by atoms with Crippen molar-refractivity contribution in [2.24, 2.45) is 0 Å². The van der Waals surface area contributed by atoms with E-state index >= 15 is 0 Å². The van der Waals surface area contributed by atoms with Crippen LogP contribution in [0.25, 0.3) is 21.1 Å². The third kappa shape index (κ3) is 8.89. The van der Waals surface area contributed by atoms with Crippen LogP contribution in [0.2, 0.25) is 0 Å². The number of likely N-dealkylation sites (N-methyl/N-ethyl adjacent to an activating group) is 2. The Labute approximate surface area is 409 Å². The number of ether oxygens (including phenoxy) is 3. The molecule has 16 nitrogen and oxygen atoms in total. The van der Waals surface area contributed by atoms with E-state index in [2.05, 4.69) is 20.4 Å². The number of halogens is 4. The Bertz CT molecular complexity index is 3330. The van der Waals surface area contributed by atoms with Crippen LogP contribution in [0.1, 0.15) is 73.6 Å². The number of carbonyl (C=O) groups excluding carboxylic acids is 2. The first-order valence-electron chi connectivity index (χ1n) is 22.6. The van der Waals surface area contributed by atoms with E-state index in [1.54, 1.807) is 25.1 Å². The molecule has 2 amide bonds. The molecule has 3 aromatic carbocycles. The number of amides is 2. The summed E-state index contributed by atoms with van der Waals surface area (Å²) in [5.41, 5.74) is 0.601. The van der Waals surface area contributed by atoms with E-state index in [4.69, 9.17) is 14.2 Å². The van der Waals surface area contributed by atoms with Gasteiger partial charge in [-0.2, -0.15) is 0 Å². The number of hydrogen-bond acceptors (Lipinski definition) is 14. The van der Waals surface area contributed by atoms with Gasteiger partial charge in [0.15, 0.2) is 32.9 Å². The first-order chi connectivity index (χ1) is 34.3. The number of aromatic nitrogens is 6. The van der Waals surface area contributed by atoms with Crippen molar-refractivity contribution in [3.8, 4) is 32.6 Å². The van der Waals surface area contributed by atoms with E-state index in [9.17, 15) is 41.8 Å². The van der Waals surface area contributed by atoms with Crippen molar-refractivity contribution in [1.29, 1.82) is 0 Å². The lowest BCUT2D eigenvalue weighted by Gasteiger charge is -2.39. The van der Waals surface area contributed by atoms with Crippen LogP contribution in [0.3, 0.4) is 0 Å². The molecule has 4 aliphatic heterocycles. The summed E-state index contributed by atoms with van der Waals surface area (Å²) in [6, 6.07) is 15.2. The van der Waals surface area contributed by atoms with Crippen LogP contribution in [-0.4, -0.2) is 108 Å². The Balaban J connectivity index is 0.000000167. The molecule has 0 saturated carbocycles. The Morgan fingerprint density at radius 2 is 1.11 bits per heavy atom. The van der Waals surface area contributed by atoms with E-state index in [1.807, 2.05) is 44.2 Å². The average Bonchev–Trinajstić information content (AvgIpc) is 4.21. The highest BCUT2D eigenvalue weighted by Crippen LogP contribution is 2.39. The lowest BCUT2D eigenvalue weighted by atomic mass is 10.0. The Morgan fingerprint density at radius 1 is 0.634 bits per heavy atom. The molecular weight excluding hydrogens is 969 g/mol. The van der Waals surface area contributed by atoms with E-state index in [0.717, 1.165) is 46.4 Å². The molecule has 7 aromatic rings. The molecule has 0 bridgehead atoms. The summed E-state index contributed by atoms with van der Waals surface area (Å²) in [7, 11) is 0. The zero-order chi connectivity index (χ0) is 49.7. The molecule has 0 aliphatic carbocycles. The SMILES string of the molecule is CCN1C(=O)c2c(O)c(=O)c(-c3nnc(Cc4ccc(F)cc4F)s3)cn2C2COC[C@H]21.CCN1C(=O)c2c(OCc3ccccc3)c(=O)c(-c3nnc(Cc4ccc(F)cc4F)s3)cn2C2COC[C@H]21. The second-order valence-corrected chi connectivity index (χ2v) is 19.2. The highest BCUT2D eigenvalue weighted by molar-refractivity contribution is 7.15. The minimum absolute atomic E-state index is 0.0496. The van der Waals surface area contributed by atoms with Crippen LogP contribution in [0.15, 0.2) is 88.7 Å². The number of carbonyl (C=O) groups is 2. The van der Waals surface area contributed by atoms with Gasteiger partial charge in [-0.1, -0.05) is 65.1 Å². The lowest BCUT2D eigenvalue weighted by Crippen LogP contribution is -2.51. The fraction of sp³-hybridized carbons (Fsp3) is 0.306. The Kier molecular flexibility index (Phi) is 13.1. The van der Waals surface area contributed by atoms with Crippen molar-refractivity contribution in [3.63, 3.8) is 0 Å². The first-order valence-corrected chi connectivity index (χ1v) is 24.2. The van der Waals surface area contributed by atoms with Gasteiger partial charge in [0.2, 0.25) is 10.9 Å². The summed E-state index contributed by atoms with van der Waals surface area (Å²) in [5.74, 6) is -4.12. The molecule has 71 heavy (non-hydrogen) atoms. The first kappa shape index (κ1) is 47.5. The minimum atomic E-state index is -0.728. The number of rotatable bonds is 11. The summed E-state index contributed by atoms with van der Waals surface area (Å²) in [6.45, 7) is 6.22. The van der Waals surface area contributed by atoms with E-state index in [-0.39, 0.29) is 93.9 Å². The molecule has 2 saturated heterocycles. The van der Waals surface area contributed by atoms with Gasteiger partial charge in [0.05, 0.1) is 61.7 Å². The largest absolute Gasteiger partial charge is 0.503 e. The van der Waals surface area contributed by atoms with Gasteiger partial charge in [-0.05, 0) is 42.7 Å². The van der Waals surface area contributed by atoms with E-state index in [1.165, 1.54) is 24.4 Å². The fourth-order valence-electron chi connectivity index (χ4n) is 9.38. The zero-order valence-electron chi connectivity index (χ0n) is 37.9. The van der Waals surface area contributed by atoms with Gasteiger partial charge in [0, 0.05) is 50.5 Å². The van der Waals surface area contributed by atoms with E-state index < -0.39 is 45.8 Å². The highest BCUT2D eigenvalue weighted by atomic mass is 32.1. The van der Waals surface area contributed by atoms with Crippen LogP contribution in [0.4, 0.5) is 17.6 Å². The van der Waals surface area contributed by atoms with Crippen molar-refractivity contribution >= 4 is 34.5 Å². The number of fused-ring (bicyclic) bond motifs is 6. The summed E-state index contributed by atoms with van der Waals surface area (Å²) in [6.07, 6.45) is 3.31. The van der Waals surface area contributed by atoms with Gasteiger partial charge in [0.25, 0.3) is 11.8 Å².